The Bertz CT molecular complexity index is 830. The van der Waals surface area contributed by atoms with Gasteiger partial charge in [0, 0.05) is 30.8 Å². The van der Waals surface area contributed by atoms with Crippen LogP contribution in [-0.4, -0.2) is 33.5 Å². The Balaban J connectivity index is 1.79. The maximum atomic E-state index is 12.3. The highest BCUT2D eigenvalue weighted by molar-refractivity contribution is 5.95. The number of fused-ring (bicyclic) bond motifs is 1. The summed E-state index contributed by atoms with van der Waals surface area (Å²) < 4.78 is 7.32. The molecule has 0 aliphatic carbocycles. The lowest BCUT2D eigenvalue weighted by molar-refractivity contribution is -0.120. The quantitative estimate of drug-likeness (QED) is 0.638. The smallest absolute Gasteiger partial charge is 0.251 e. The molecule has 0 aliphatic rings. The number of carbonyl (C=O) groups is 1. The summed E-state index contributed by atoms with van der Waals surface area (Å²) in [6.07, 6.45) is 8.52. The van der Waals surface area contributed by atoms with Gasteiger partial charge in [-0.05, 0) is 30.7 Å². The Morgan fingerprint density at radius 2 is 2.04 bits per heavy atom. The normalized spacial score (nSPS) is 10.9. The maximum absolute atomic E-state index is 12.3. The number of carbonyl (C=O) groups excluding carboxylic acids is 1. The molecule has 3 aromatic rings. The van der Waals surface area contributed by atoms with E-state index in [0.717, 1.165) is 30.5 Å². The minimum absolute atomic E-state index is 0.0412. The van der Waals surface area contributed by atoms with E-state index in [1.165, 1.54) is 0 Å². The van der Waals surface area contributed by atoms with Crippen LogP contribution in [0.3, 0.4) is 0 Å². The molecule has 3 rings (SSSR count). The van der Waals surface area contributed by atoms with Gasteiger partial charge in [-0.3, -0.25) is 14.2 Å². The Hall–Kier alpha value is -2.73. The van der Waals surface area contributed by atoms with Gasteiger partial charge in [-0.25, -0.2) is 4.98 Å². The fraction of sp³-hybridized carbons (Fsp3) is 0.316. The third-order valence-corrected chi connectivity index (χ3v) is 3.87. The molecule has 0 aromatic carbocycles. The third-order valence-electron chi connectivity index (χ3n) is 3.87. The first-order chi connectivity index (χ1) is 12.3. The van der Waals surface area contributed by atoms with Crippen LogP contribution in [0.5, 0.6) is 0 Å². The number of imidazole rings is 1. The van der Waals surface area contributed by atoms with E-state index in [1.807, 2.05) is 40.9 Å². The third kappa shape index (κ3) is 4.22. The van der Waals surface area contributed by atoms with Crippen LogP contribution in [0, 0.1) is 0 Å². The number of aromatic nitrogens is 3. The van der Waals surface area contributed by atoms with Crippen molar-refractivity contribution in [2.45, 2.75) is 26.2 Å². The molecule has 1 N–H and O–H groups in total. The van der Waals surface area contributed by atoms with Crippen LogP contribution in [0.1, 0.15) is 26.2 Å². The molecule has 0 aliphatic heterocycles. The SMILES string of the molecule is CCCCCOCC(=O)Nc1c(-c2ccncc2)nc2ccccn12. The molecule has 0 bridgehead atoms. The first-order valence-electron chi connectivity index (χ1n) is 8.54. The minimum atomic E-state index is -0.183. The summed E-state index contributed by atoms with van der Waals surface area (Å²) in [5.41, 5.74) is 2.39. The zero-order chi connectivity index (χ0) is 17.5. The fourth-order valence-corrected chi connectivity index (χ4v) is 2.61. The summed E-state index contributed by atoms with van der Waals surface area (Å²) in [6, 6.07) is 9.47. The van der Waals surface area contributed by atoms with E-state index < -0.39 is 0 Å². The standard InChI is InChI=1S/C19H22N4O2/c1-2-3-6-13-25-14-17(24)22-19-18(15-8-10-20-11-9-15)21-16-7-4-5-12-23(16)19/h4-5,7-12H,2-3,6,13-14H2,1H3,(H,22,24). The van der Waals surface area contributed by atoms with Crippen LogP contribution in [-0.2, 0) is 9.53 Å². The van der Waals surface area contributed by atoms with E-state index in [1.54, 1.807) is 12.4 Å². The van der Waals surface area contributed by atoms with E-state index >= 15 is 0 Å². The van der Waals surface area contributed by atoms with Crippen molar-refractivity contribution in [1.82, 2.24) is 14.4 Å². The molecule has 0 atom stereocenters. The first-order valence-corrected chi connectivity index (χ1v) is 8.54. The van der Waals surface area contributed by atoms with Crippen molar-refractivity contribution < 1.29 is 9.53 Å². The van der Waals surface area contributed by atoms with Gasteiger partial charge in [0.1, 0.15) is 23.8 Å². The van der Waals surface area contributed by atoms with Gasteiger partial charge in [-0.2, -0.15) is 0 Å². The fourth-order valence-electron chi connectivity index (χ4n) is 2.61. The van der Waals surface area contributed by atoms with Gasteiger partial charge in [0.25, 0.3) is 5.91 Å². The van der Waals surface area contributed by atoms with Gasteiger partial charge in [-0.1, -0.05) is 25.8 Å². The van der Waals surface area contributed by atoms with Crippen molar-refractivity contribution in [2.24, 2.45) is 0 Å². The molecule has 6 nitrogen and oxygen atoms in total. The second-order valence-electron chi connectivity index (χ2n) is 5.78. The minimum Gasteiger partial charge on any atom is -0.372 e. The van der Waals surface area contributed by atoms with Gasteiger partial charge < -0.3 is 10.1 Å². The van der Waals surface area contributed by atoms with E-state index in [-0.39, 0.29) is 12.5 Å². The molecule has 3 heterocycles. The Morgan fingerprint density at radius 3 is 2.84 bits per heavy atom. The lowest BCUT2D eigenvalue weighted by Gasteiger charge is -2.08. The predicted octanol–water partition coefficient (Wildman–Crippen LogP) is 3.54. The van der Waals surface area contributed by atoms with Crippen molar-refractivity contribution in [2.75, 3.05) is 18.5 Å². The van der Waals surface area contributed by atoms with Crippen molar-refractivity contribution in [3.63, 3.8) is 0 Å². The van der Waals surface area contributed by atoms with Gasteiger partial charge in [0.15, 0.2) is 0 Å². The number of ether oxygens (including phenoxy) is 1. The number of nitrogens with zero attached hydrogens (tertiary/aromatic N) is 3. The van der Waals surface area contributed by atoms with Gasteiger partial charge >= 0.3 is 0 Å². The highest BCUT2D eigenvalue weighted by Crippen LogP contribution is 2.28. The largest absolute Gasteiger partial charge is 0.372 e. The van der Waals surface area contributed by atoms with Crippen LogP contribution < -0.4 is 5.32 Å². The summed E-state index contributed by atoms with van der Waals surface area (Å²) >= 11 is 0. The maximum Gasteiger partial charge on any atom is 0.251 e. The number of hydrogen-bond donors (Lipinski definition) is 1. The molecule has 25 heavy (non-hydrogen) atoms. The first kappa shape index (κ1) is 17.1. The molecule has 0 fully saturated rings. The number of nitrogens with one attached hydrogen (secondary N) is 1. The average Bonchev–Trinajstić information content (AvgIpc) is 3.01. The number of hydrogen-bond acceptors (Lipinski definition) is 4. The van der Waals surface area contributed by atoms with Gasteiger partial charge in [0.2, 0.25) is 0 Å². The zero-order valence-electron chi connectivity index (χ0n) is 14.3. The summed E-state index contributed by atoms with van der Waals surface area (Å²) in [6.45, 7) is 2.78. The van der Waals surface area contributed by atoms with Gasteiger partial charge in [0.05, 0.1) is 0 Å². The summed E-state index contributed by atoms with van der Waals surface area (Å²) in [5.74, 6) is 0.460. The number of unbranched alkanes of at least 4 members (excludes halogenated alkanes) is 2. The zero-order valence-corrected chi connectivity index (χ0v) is 14.3. The molecule has 6 heteroatoms. The van der Waals surface area contributed by atoms with E-state index in [0.29, 0.717) is 18.1 Å². The van der Waals surface area contributed by atoms with Crippen LogP contribution >= 0.6 is 0 Å². The molecular weight excluding hydrogens is 316 g/mol. The Labute approximate surface area is 146 Å². The van der Waals surface area contributed by atoms with E-state index in [2.05, 4.69) is 22.2 Å². The number of rotatable bonds is 8. The highest BCUT2D eigenvalue weighted by atomic mass is 16.5. The van der Waals surface area contributed by atoms with E-state index in [4.69, 9.17) is 4.74 Å². The molecule has 1 amide bonds. The second-order valence-corrected chi connectivity index (χ2v) is 5.78. The summed E-state index contributed by atoms with van der Waals surface area (Å²) in [7, 11) is 0. The van der Waals surface area contributed by atoms with Crippen molar-refractivity contribution in [3.05, 3.63) is 48.9 Å². The molecule has 0 radical (unpaired) electrons. The topological polar surface area (TPSA) is 68.5 Å². The lowest BCUT2D eigenvalue weighted by atomic mass is 10.2. The van der Waals surface area contributed by atoms with Crippen LogP contribution in [0.4, 0.5) is 5.82 Å². The highest BCUT2D eigenvalue weighted by Gasteiger charge is 2.16. The molecule has 3 aromatic heterocycles. The monoisotopic (exact) mass is 338 g/mol. The lowest BCUT2D eigenvalue weighted by Crippen LogP contribution is -2.20. The number of anilines is 1. The summed E-state index contributed by atoms with van der Waals surface area (Å²) in [5, 5.41) is 2.94. The van der Waals surface area contributed by atoms with Crippen molar-refractivity contribution in [3.8, 4) is 11.3 Å². The second kappa shape index (κ2) is 8.39. The molecule has 130 valence electrons. The Kier molecular flexibility index (Phi) is 5.74. The van der Waals surface area contributed by atoms with Crippen LogP contribution in [0.15, 0.2) is 48.9 Å². The van der Waals surface area contributed by atoms with Crippen LogP contribution in [0.2, 0.25) is 0 Å². The van der Waals surface area contributed by atoms with Crippen LogP contribution in [0.25, 0.3) is 16.9 Å². The molecule has 0 spiro atoms. The molecule has 0 saturated carbocycles. The molecular formula is C19H22N4O2. The average molecular weight is 338 g/mol. The van der Waals surface area contributed by atoms with Crippen molar-refractivity contribution in [1.29, 1.82) is 0 Å². The number of amides is 1. The molecule has 0 saturated heterocycles. The van der Waals surface area contributed by atoms with Gasteiger partial charge in [-0.15, -0.1) is 0 Å². The molecule has 0 unspecified atom stereocenters. The van der Waals surface area contributed by atoms with Crippen molar-refractivity contribution >= 4 is 17.4 Å². The summed E-state index contributed by atoms with van der Waals surface area (Å²) in [4.78, 5) is 21.0. The number of pyridine rings is 2. The Morgan fingerprint density at radius 1 is 1.20 bits per heavy atom. The predicted molar refractivity (Wildman–Crippen MR) is 97.4 cm³/mol. The van der Waals surface area contributed by atoms with E-state index in [9.17, 15) is 4.79 Å².